The molecular formula is C21H15F6N3O2. The third-order valence-corrected chi connectivity index (χ3v) is 5.20. The molecule has 0 aliphatic carbocycles. The Hall–Kier alpha value is -3.50. The average molecular weight is 455 g/mol. The minimum absolute atomic E-state index is 0.0232. The van der Waals surface area contributed by atoms with Crippen molar-refractivity contribution in [2.75, 3.05) is 5.32 Å². The van der Waals surface area contributed by atoms with Gasteiger partial charge in [0.25, 0.3) is 6.43 Å². The third-order valence-electron chi connectivity index (χ3n) is 5.20. The van der Waals surface area contributed by atoms with E-state index in [0.717, 1.165) is 6.07 Å². The van der Waals surface area contributed by atoms with Crippen LogP contribution >= 0.6 is 0 Å². The number of halogens is 6. The molecule has 1 N–H and O–H groups in total. The predicted molar refractivity (Wildman–Crippen MR) is 101 cm³/mol. The maximum absolute atomic E-state index is 14.2. The number of fused-ring (bicyclic) bond motifs is 1. The number of anilines is 1. The number of benzene rings is 2. The number of aromatic nitrogens is 1. The Morgan fingerprint density at radius 1 is 1.16 bits per heavy atom. The Labute approximate surface area is 177 Å². The fourth-order valence-corrected chi connectivity index (χ4v) is 3.58. The van der Waals surface area contributed by atoms with E-state index < -0.39 is 47.3 Å². The van der Waals surface area contributed by atoms with Crippen LogP contribution in [-0.2, 0) is 13.0 Å². The number of carbonyl (C=O) groups is 1. The molecule has 32 heavy (non-hydrogen) atoms. The van der Waals surface area contributed by atoms with Crippen molar-refractivity contribution >= 4 is 11.7 Å². The minimum Gasteiger partial charge on any atom is -0.356 e. The number of alkyl halides is 2. The summed E-state index contributed by atoms with van der Waals surface area (Å²) in [6, 6.07) is 2.95. The zero-order chi connectivity index (χ0) is 23.2. The van der Waals surface area contributed by atoms with Gasteiger partial charge >= 0.3 is 6.03 Å². The van der Waals surface area contributed by atoms with Gasteiger partial charge in [-0.25, -0.2) is 31.1 Å². The van der Waals surface area contributed by atoms with Crippen LogP contribution in [0.1, 0.15) is 30.2 Å². The van der Waals surface area contributed by atoms with E-state index in [2.05, 4.69) is 10.5 Å². The summed E-state index contributed by atoms with van der Waals surface area (Å²) in [4.78, 5) is 14.1. The Bertz CT molecular complexity index is 1200. The summed E-state index contributed by atoms with van der Waals surface area (Å²) in [7, 11) is 0. The Kier molecular flexibility index (Phi) is 5.57. The van der Waals surface area contributed by atoms with Crippen LogP contribution in [0.4, 0.5) is 36.8 Å². The fourth-order valence-electron chi connectivity index (χ4n) is 3.58. The van der Waals surface area contributed by atoms with Gasteiger partial charge < -0.3 is 14.7 Å². The molecule has 11 heteroatoms. The molecule has 1 aliphatic heterocycles. The molecule has 2 heterocycles. The van der Waals surface area contributed by atoms with Crippen LogP contribution in [-0.4, -0.2) is 22.1 Å². The molecule has 0 saturated carbocycles. The monoisotopic (exact) mass is 455 g/mol. The molecule has 3 aromatic rings. The fraction of sp³-hybridized carbons (Fsp3) is 0.238. The van der Waals surface area contributed by atoms with E-state index in [0.29, 0.717) is 29.5 Å². The normalized spacial score (nSPS) is 15.8. The zero-order valence-corrected chi connectivity index (χ0v) is 16.4. The standard InChI is InChI=1S/C21H15F6N3O2/c1-9-4-17-14(19(32-29-17)12-3-2-10(22)5-15(12)23)8-30(9)21(31)28-11-6-13(20(26)27)18(25)16(24)7-11/h2-3,5-7,9,20H,4,8H2,1H3,(H,28,31)/t9-/m0/s1. The molecule has 0 radical (unpaired) electrons. The number of urea groups is 1. The van der Waals surface area contributed by atoms with E-state index in [1.54, 1.807) is 6.92 Å². The number of hydrogen-bond donors (Lipinski definition) is 1. The van der Waals surface area contributed by atoms with Crippen LogP contribution in [0, 0.1) is 23.3 Å². The van der Waals surface area contributed by atoms with Gasteiger partial charge in [-0.1, -0.05) is 5.16 Å². The summed E-state index contributed by atoms with van der Waals surface area (Å²) in [5.41, 5.74) is -0.702. The van der Waals surface area contributed by atoms with Crippen LogP contribution in [0.5, 0.6) is 0 Å². The molecule has 0 spiro atoms. The molecule has 0 fully saturated rings. The first-order valence-electron chi connectivity index (χ1n) is 9.43. The highest BCUT2D eigenvalue weighted by Crippen LogP contribution is 2.34. The molecule has 0 saturated heterocycles. The Morgan fingerprint density at radius 2 is 1.91 bits per heavy atom. The smallest absolute Gasteiger partial charge is 0.322 e. The maximum atomic E-state index is 14.2. The molecule has 4 rings (SSSR count). The van der Waals surface area contributed by atoms with Gasteiger partial charge in [-0.05, 0) is 25.1 Å². The first-order valence-corrected chi connectivity index (χ1v) is 9.43. The average Bonchev–Trinajstić information content (AvgIpc) is 3.12. The van der Waals surface area contributed by atoms with E-state index in [1.165, 1.54) is 11.0 Å². The minimum atomic E-state index is -3.28. The molecule has 2 amide bonds. The Morgan fingerprint density at radius 3 is 2.59 bits per heavy atom. The van der Waals surface area contributed by atoms with Crippen molar-refractivity contribution in [3.8, 4) is 11.3 Å². The van der Waals surface area contributed by atoms with Crippen LogP contribution in [0.15, 0.2) is 34.9 Å². The molecule has 0 bridgehead atoms. The van der Waals surface area contributed by atoms with Gasteiger partial charge in [0, 0.05) is 35.8 Å². The first-order chi connectivity index (χ1) is 15.2. The SMILES string of the molecule is C[C@H]1Cc2noc(-c3ccc(F)cc3F)c2CN1C(=O)Nc1cc(F)c(F)c(C(F)F)c1. The number of carbonyl (C=O) groups excluding carboxylic acids is 1. The molecule has 168 valence electrons. The number of nitrogens with zero attached hydrogens (tertiary/aromatic N) is 2. The Balaban J connectivity index is 1.61. The van der Waals surface area contributed by atoms with Gasteiger partial charge in [-0.15, -0.1) is 0 Å². The van der Waals surface area contributed by atoms with Gasteiger partial charge in [-0.3, -0.25) is 0 Å². The second-order valence-corrected chi connectivity index (χ2v) is 7.33. The summed E-state index contributed by atoms with van der Waals surface area (Å²) < 4.78 is 85.8. The van der Waals surface area contributed by atoms with Gasteiger partial charge in [0.1, 0.15) is 11.6 Å². The number of nitrogens with one attached hydrogen (secondary N) is 1. The first kappa shape index (κ1) is 21.7. The summed E-state index contributed by atoms with van der Waals surface area (Å²) in [5.74, 6) is -4.84. The van der Waals surface area contributed by atoms with Crippen LogP contribution in [0.3, 0.4) is 0 Å². The lowest BCUT2D eigenvalue weighted by Gasteiger charge is -2.32. The van der Waals surface area contributed by atoms with Crippen molar-refractivity contribution in [1.29, 1.82) is 0 Å². The second-order valence-electron chi connectivity index (χ2n) is 7.33. The van der Waals surface area contributed by atoms with Gasteiger partial charge in [0.05, 0.1) is 23.4 Å². The number of hydrogen-bond acceptors (Lipinski definition) is 3. The third kappa shape index (κ3) is 3.90. The summed E-state index contributed by atoms with van der Waals surface area (Å²) in [6.45, 7) is 1.59. The lowest BCUT2D eigenvalue weighted by atomic mass is 9.97. The highest BCUT2D eigenvalue weighted by atomic mass is 19.3. The molecular weight excluding hydrogens is 440 g/mol. The van der Waals surface area contributed by atoms with Crippen molar-refractivity contribution in [2.24, 2.45) is 0 Å². The molecule has 5 nitrogen and oxygen atoms in total. The zero-order valence-electron chi connectivity index (χ0n) is 16.4. The van der Waals surface area contributed by atoms with Gasteiger partial charge in [-0.2, -0.15) is 0 Å². The van der Waals surface area contributed by atoms with E-state index in [-0.39, 0.29) is 30.0 Å². The van der Waals surface area contributed by atoms with Crippen molar-refractivity contribution in [3.05, 3.63) is 70.4 Å². The van der Waals surface area contributed by atoms with E-state index in [9.17, 15) is 31.1 Å². The summed E-state index contributed by atoms with van der Waals surface area (Å²) >= 11 is 0. The van der Waals surface area contributed by atoms with Crippen molar-refractivity contribution < 1.29 is 35.7 Å². The molecule has 2 aromatic carbocycles. The second kappa shape index (κ2) is 8.21. The number of amides is 2. The highest BCUT2D eigenvalue weighted by molar-refractivity contribution is 5.90. The quantitative estimate of drug-likeness (QED) is 0.507. The van der Waals surface area contributed by atoms with Crippen molar-refractivity contribution in [1.82, 2.24) is 10.1 Å². The van der Waals surface area contributed by atoms with Gasteiger partial charge in [0.15, 0.2) is 17.4 Å². The summed E-state index contributed by atoms with van der Waals surface area (Å²) in [5, 5.41) is 6.19. The topological polar surface area (TPSA) is 58.4 Å². The lowest BCUT2D eigenvalue weighted by Crippen LogP contribution is -2.44. The van der Waals surface area contributed by atoms with Crippen LogP contribution in [0.2, 0.25) is 0 Å². The molecule has 1 aromatic heterocycles. The van der Waals surface area contributed by atoms with E-state index in [1.807, 2.05) is 0 Å². The summed E-state index contributed by atoms with van der Waals surface area (Å²) in [6.07, 6.45) is -3.04. The molecule has 0 unspecified atom stereocenters. The van der Waals surface area contributed by atoms with E-state index >= 15 is 0 Å². The van der Waals surface area contributed by atoms with Crippen LogP contribution < -0.4 is 5.32 Å². The lowest BCUT2D eigenvalue weighted by molar-refractivity contribution is 0.145. The van der Waals surface area contributed by atoms with Gasteiger partial charge in [0.2, 0.25) is 0 Å². The maximum Gasteiger partial charge on any atom is 0.322 e. The van der Waals surface area contributed by atoms with Crippen molar-refractivity contribution in [3.63, 3.8) is 0 Å². The molecule has 1 atom stereocenters. The molecule has 1 aliphatic rings. The number of rotatable bonds is 3. The largest absolute Gasteiger partial charge is 0.356 e. The van der Waals surface area contributed by atoms with Crippen LogP contribution in [0.25, 0.3) is 11.3 Å². The van der Waals surface area contributed by atoms with E-state index in [4.69, 9.17) is 4.52 Å². The van der Waals surface area contributed by atoms with Crippen molar-refractivity contribution in [2.45, 2.75) is 32.4 Å². The predicted octanol–water partition coefficient (Wildman–Crippen LogP) is 5.81. The highest BCUT2D eigenvalue weighted by Gasteiger charge is 2.33.